The normalized spacial score (nSPS) is 12.4. The van der Waals surface area contributed by atoms with Crippen molar-refractivity contribution in [3.8, 4) is 5.69 Å². The first-order valence-corrected chi connectivity index (χ1v) is 8.41. The summed E-state index contributed by atoms with van der Waals surface area (Å²) in [4.78, 5) is 12.7. The highest BCUT2D eigenvalue weighted by Gasteiger charge is 2.19. The molecule has 0 aliphatic rings. The van der Waals surface area contributed by atoms with Gasteiger partial charge in [0.05, 0.1) is 17.4 Å². The van der Waals surface area contributed by atoms with Gasteiger partial charge in [0, 0.05) is 19.4 Å². The Hall–Kier alpha value is -2.89. The topological polar surface area (TPSA) is 64.7 Å². The van der Waals surface area contributed by atoms with E-state index < -0.39 is 0 Å². The van der Waals surface area contributed by atoms with Gasteiger partial charge in [-0.2, -0.15) is 10.2 Å². The van der Waals surface area contributed by atoms with Gasteiger partial charge >= 0.3 is 0 Å². The average molecular weight is 337 g/mol. The molecular weight excluding hydrogens is 314 g/mol. The summed E-state index contributed by atoms with van der Waals surface area (Å²) in [5.41, 5.74) is 3.43. The highest BCUT2D eigenvalue weighted by molar-refractivity contribution is 5.93. The van der Waals surface area contributed by atoms with Crippen LogP contribution < -0.4 is 5.32 Å². The molecule has 2 aromatic heterocycles. The smallest absolute Gasteiger partial charge is 0.270 e. The second kappa shape index (κ2) is 6.93. The summed E-state index contributed by atoms with van der Waals surface area (Å²) >= 11 is 0. The predicted molar refractivity (Wildman–Crippen MR) is 96.7 cm³/mol. The van der Waals surface area contributed by atoms with Crippen LogP contribution >= 0.6 is 0 Å². The number of hydrogen-bond donors (Lipinski definition) is 1. The zero-order chi connectivity index (χ0) is 18.0. The highest BCUT2D eigenvalue weighted by atomic mass is 16.2. The SMILES string of the molecule is CC(C)c1cc(C(=O)NC(C)c2ccccc2-n2cccn2)n(C)n1. The van der Waals surface area contributed by atoms with Crippen LogP contribution in [0.15, 0.2) is 48.8 Å². The van der Waals surface area contributed by atoms with E-state index in [1.165, 1.54) is 0 Å². The molecule has 2 heterocycles. The minimum atomic E-state index is -0.162. The average Bonchev–Trinajstić information content (AvgIpc) is 3.24. The Morgan fingerprint density at radius 2 is 1.92 bits per heavy atom. The van der Waals surface area contributed by atoms with E-state index in [-0.39, 0.29) is 17.9 Å². The van der Waals surface area contributed by atoms with Crippen molar-refractivity contribution in [1.29, 1.82) is 0 Å². The van der Waals surface area contributed by atoms with E-state index in [4.69, 9.17) is 0 Å². The second-order valence-corrected chi connectivity index (χ2v) is 6.44. The Morgan fingerprint density at radius 3 is 2.56 bits per heavy atom. The monoisotopic (exact) mass is 337 g/mol. The largest absolute Gasteiger partial charge is 0.344 e. The number of benzene rings is 1. The van der Waals surface area contributed by atoms with Gasteiger partial charge in [0.1, 0.15) is 5.69 Å². The van der Waals surface area contributed by atoms with Crippen molar-refractivity contribution in [2.24, 2.45) is 7.05 Å². The van der Waals surface area contributed by atoms with Crippen molar-refractivity contribution in [2.45, 2.75) is 32.7 Å². The summed E-state index contributed by atoms with van der Waals surface area (Å²) in [6, 6.07) is 11.5. The zero-order valence-corrected chi connectivity index (χ0v) is 15.0. The van der Waals surface area contributed by atoms with Crippen molar-refractivity contribution in [1.82, 2.24) is 24.9 Å². The van der Waals surface area contributed by atoms with Gasteiger partial charge in [0.2, 0.25) is 0 Å². The quantitative estimate of drug-likeness (QED) is 0.777. The lowest BCUT2D eigenvalue weighted by Crippen LogP contribution is -2.29. The number of carbonyl (C=O) groups excluding carboxylic acids is 1. The number of para-hydroxylation sites is 1. The lowest BCUT2D eigenvalue weighted by molar-refractivity contribution is 0.0930. The minimum absolute atomic E-state index is 0.135. The number of nitrogens with one attached hydrogen (secondary N) is 1. The Kier molecular flexibility index (Phi) is 4.70. The molecule has 0 aliphatic heterocycles. The molecule has 0 aliphatic carbocycles. The summed E-state index contributed by atoms with van der Waals surface area (Å²) in [7, 11) is 1.79. The first-order chi connectivity index (χ1) is 12.0. The van der Waals surface area contributed by atoms with Crippen molar-refractivity contribution in [2.75, 3.05) is 0 Å². The van der Waals surface area contributed by atoms with Crippen LogP contribution in [0.1, 0.15) is 54.5 Å². The molecule has 1 amide bonds. The van der Waals surface area contributed by atoms with E-state index in [0.717, 1.165) is 16.9 Å². The van der Waals surface area contributed by atoms with Crippen LogP contribution in [0.5, 0.6) is 0 Å². The van der Waals surface area contributed by atoms with Crippen molar-refractivity contribution < 1.29 is 4.79 Å². The summed E-state index contributed by atoms with van der Waals surface area (Å²) in [6.07, 6.45) is 3.63. The van der Waals surface area contributed by atoms with Crippen LogP contribution in [0.2, 0.25) is 0 Å². The van der Waals surface area contributed by atoms with E-state index in [9.17, 15) is 4.79 Å². The maximum Gasteiger partial charge on any atom is 0.270 e. The van der Waals surface area contributed by atoms with Crippen LogP contribution in [-0.2, 0) is 7.05 Å². The Balaban J connectivity index is 1.84. The van der Waals surface area contributed by atoms with Gasteiger partial charge in [0.15, 0.2) is 0 Å². The predicted octanol–water partition coefficient (Wildman–Crippen LogP) is 3.22. The van der Waals surface area contributed by atoms with Gasteiger partial charge in [0.25, 0.3) is 5.91 Å². The maximum atomic E-state index is 12.7. The number of aryl methyl sites for hydroxylation is 1. The number of aromatic nitrogens is 4. The fourth-order valence-electron chi connectivity index (χ4n) is 2.81. The van der Waals surface area contributed by atoms with Gasteiger partial charge in [-0.3, -0.25) is 9.48 Å². The summed E-state index contributed by atoms with van der Waals surface area (Å²) in [5, 5.41) is 11.8. The third-order valence-corrected chi connectivity index (χ3v) is 4.22. The van der Waals surface area contributed by atoms with Gasteiger partial charge in [-0.25, -0.2) is 4.68 Å². The Bertz CT molecular complexity index is 864. The van der Waals surface area contributed by atoms with E-state index in [2.05, 4.69) is 29.4 Å². The number of carbonyl (C=O) groups is 1. The van der Waals surface area contributed by atoms with E-state index >= 15 is 0 Å². The van der Waals surface area contributed by atoms with Crippen LogP contribution in [0, 0.1) is 0 Å². The molecule has 1 atom stereocenters. The molecule has 0 fully saturated rings. The molecule has 0 bridgehead atoms. The molecule has 6 heteroatoms. The van der Waals surface area contributed by atoms with Crippen molar-refractivity contribution in [3.05, 3.63) is 65.7 Å². The van der Waals surface area contributed by atoms with Crippen LogP contribution in [-0.4, -0.2) is 25.5 Å². The van der Waals surface area contributed by atoms with Crippen LogP contribution in [0.4, 0.5) is 0 Å². The molecular formula is C19H23N5O. The molecule has 6 nitrogen and oxygen atoms in total. The number of amides is 1. The van der Waals surface area contributed by atoms with E-state index in [1.807, 2.05) is 49.5 Å². The molecule has 0 saturated carbocycles. The highest BCUT2D eigenvalue weighted by Crippen LogP contribution is 2.22. The van der Waals surface area contributed by atoms with Crippen molar-refractivity contribution >= 4 is 5.91 Å². The van der Waals surface area contributed by atoms with E-state index in [0.29, 0.717) is 5.69 Å². The maximum absolute atomic E-state index is 12.7. The van der Waals surface area contributed by atoms with Gasteiger partial charge < -0.3 is 5.32 Å². The van der Waals surface area contributed by atoms with Crippen LogP contribution in [0.25, 0.3) is 5.69 Å². The molecule has 3 aromatic rings. The molecule has 3 rings (SSSR count). The molecule has 0 spiro atoms. The number of hydrogen-bond acceptors (Lipinski definition) is 3. The lowest BCUT2D eigenvalue weighted by atomic mass is 10.1. The second-order valence-electron chi connectivity index (χ2n) is 6.44. The number of rotatable bonds is 5. The fraction of sp³-hybridized carbons (Fsp3) is 0.316. The van der Waals surface area contributed by atoms with Gasteiger partial charge in [-0.05, 0) is 36.6 Å². The van der Waals surface area contributed by atoms with E-state index in [1.54, 1.807) is 22.6 Å². The standard InChI is InChI=1S/C19H23N5O/c1-13(2)16-12-18(23(4)22-16)19(25)21-14(3)15-8-5-6-9-17(15)24-11-7-10-20-24/h5-14H,1-4H3,(H,21,25). The first kappa shape index (κ1) is 17.0. The van der Waals surface area contributed by atoms with Crippen molar-refractivity contribution in [3.63, 3.8) is 0 Å². The summed E-state index contributed by atoms with van der Waals surface area (Å²) < 4.78 is 3.44. The van der Waals surface area contributed by atoms with Gasteiger partial charge in [-0.1, -0.05) is 32.0 Å². The zero-order valence-electron chi connectivity index (χ0n) is 15.0. The fourth-order valence-corrected chi connectivity index (χ4v) is 2.81. The Morgan fingerprint density at radius 1 is 1.16 bits per heavy atom. The molecule has 0 radical (unpaired) electrons. The molecule has 1 N–H and O–H groups in total. The third-order valence-electron chi connectivity index (χ3n) is 4.22. The molecule has 0 saturated heterocycles. The molecule has 1 unspecified atom stereocenters. The number of nitrogens with zero attached hydrogens (tertiary/aromatic N) is 4. The molecule has 1 aromatic carbocycles. The first-order valence-electron chi connectivity index (χ1n) is 8.41. The summed E-state index contributed by atoms with van der Waals surface area (Å²) in [5.74, 6) is 0.149. The third kappa shape index (κ3) is 3.47. The minimum Gasteiger partial charge on any atom is -0.344 e. The molecule has 25 heavy (non-hydrogen) atoms. The van der Waals surface area contributed by atoms with Crippen LogP contribution in [0.3, 0.4) is 0 Å². The lowest BCUT2D eigenvalue weighted by Gasteiger charge is -2.18. The molecule has 130 valence electrons. The summed E-state index contributed by atoms with van der Waals surface area (Å²) in [6.45, 7) is 6.10. The van der Waals surface area contributed by atoms with Gasteiger partial charge in [-0.15, -0.1) is 0 Å². The Labute approximate surface area is 147 Å².